The predicted octanol–water partition coefficient (Wildman–Crippen LogP) is 5.24. The van der Waals surface area contributed by atoms with Crippen LogP contribution in [0, 0.1) is 0 Å². The van der Waals surface area contributed by atoms with Gasteiger partial charge < -0.3 is 24.6 Å². The lowest BCUT2D eigenvalue weighted by Gasteiger charge is -2.24. The quantitative estimate of drug-likeness (QED) is 0.315. The molecule has 3 aromatic rings. The minimum atomic E-state index is -2.21. The molecule has 0 spiro atoms. The summed E-state index contributed by atoms with van der Waals surface area (Å²) in [6.45, 7) is 0. The van der Waals surface area contributed by atoms with E-state index < -0.39 is 36.0 Å². The number of aliphatic carboxylic acids is 1. The Kier molecular flexibility index (Phi) is 9.51. The zero-order valence-electron chi connectivity index (χ0n) is 18.9. The van der Waals surface area contributed by atoms with Gasteiger partial charge in [0.15, 0.2) is 0 Å². The van der Waals surface area contributed by atoms with Crippen LogP contribution in [-0.2, 0) is 19.1 Å². The highest BCUT2D eigenvalue weighted by molar-refractivity contribution is 9.10. The molecule has 3 rings (SSSR count). The number of carboxylic acids is 1. The van der Waals surface area contributed by atoms with Crippen molar-refractivity contribution in [2.45, 2.75) is 12.2 Å². The summed E-state index contributed by atoms with van der Waals surface area (Å²) in [5.74, 6) is -4.71. The Morgan fingerprint density at radius 2 is 1.30 bits per heavy atom. The molecule has 0 unspecified atom stereocenters. The van der Waals surface area contributed by atoms with Crippen LogP contribution in [0.2, 0.25) is 10.0 Å². The van der Waals surface area contributed by atoms with Crippen LogP contribution in [0.1, 0.15) is 20.7 Å². The van der Waals surface area contributed by atoms with Crippen molar-refractivity contribution in [1.82, 2.24) is 0 Å². The summed E-state index contributed by atoms with van der Waals surface area (Å²) in [5, 5.41) is 13.0. The highest BCUT2D eigenvalue weighted by Crippen LogP contribution is 2.28. The summed E-state index contributed by atoms with van der Waals surface area (Å²) >= 11 is 14.9. The van der Waals surface area contributed by atoms with Crippen molar-refractivity contribution in [1.29, 1.82) is 0 Å². The minimum Gasteiger partial charge on any atom is -0.495 e. The lowest BCUT2D eigenvalue weighted by molar-refractivity contribution is -0.157. The van der Waals surface area contributed by atoms with Crippen LogP contribution < -0.4 is 10.1 Å². The van der Waals surface area contributed by atoms with Crippen LogP contribution >= 0.6 is 39.1 Å². The molecule has 192 valence electrons. The zero-order chi connectivity index (χ0) is 27.1. The summed E-state index contributed by atoms with van der Waals surface area (Å²) < 4.78 is 16.2. The summed E-state index contributed by atoms with van der Waals surface area (Å²) in [5.41, 5.74) is 0.0884. The first-order chi connectivity index (χ1) is 17.6. The number of esters is 2. The van der Waals surface area contributed by atoms with Crippen molar-refractivity contribution in [3.8, 4) is 5.75 Å². The Hall–Kier alpha value is -3.60. The van der Waals surface area contributed by atoms with Gasteiger partial charge in [0.1, 0.15) is 5.75 Å². The Balaban J connectivity index is 1.95. The minimum absolute atomic E-state index is 0.0181. The normalized spacial score (nSPS) is 12.1. The number of methoxy groups -OCH3 is 1. The second-order valence-electron chi connectivity index (χ2n) is 7.34. The van der Waals surface area contributed by atoms with Gasteiger partial charge in [0.25, 0.3) is 5.91 Å². The van der Waals surface area contributed by atoms with E-state index in [9.17, 15) is 24.3 Å². The van der Waals surface area contributed by atoms with E-state index in [2.05, 4.69) is 21.2 Å². The molecule has 0 aliphatic carbocycles. The lowest BCUT2D eigenvalue weighted by Crippen LogP contribution is -2.48. The number of carbonyl (C=O) groups excluding carboxylic acids is 3. The van der Waals surface area contributed by atoms with Gasteiger partial charge in [0.2, 0.25) is 12.2 Å². The molecule has 0 saturated heterocycles. The van der Waals surface area contributed by atoms with Gasteiger partial charge in [-0.3, -0.25) is 4.79 Å². The highest BCUT2D eigenvalue weighted by Gasteiger charge is 2.41. The number of rotatable bonds is 9. The molecule has 0 bridgehead atoms. The average molecular weight is 611 g/mol. The molecule has 0 saturated carbocycles. The molecule has 0 aromatic heterocycles. The van der Waals surface area contributed by atoms with Gasteiger partial charge in [0, 0.05) is 14.5 Å². The number of ether oxygens (including phenoxy) is 3. The first kappa shape index (κ1) is 28.0. The summed E-state index contributed by atoms with van der Waals surface area (Å²) in [6, 6.07) is 15.6. The van der Waals surface area contributed by atoms with Crippen molar-refractivity contribution in [2.24, 2.45) is 0 Å². The molecule has 2 atom stereocenters. The maximum Gasteiger partial charge on any atom is 0.349 e. The van der Waals surface area contributed by atoms with Gasteiger partial charge in [-0.1, -0.05) is 39.1 Å². The molecular formula is C25H18BrCl2NO8. The van der Waals surface area contributed by atoms with E-state index in [-0.39, 0.29) is 22.6 Å². The molecule has 3 aromatic carbocycles. The fourth-order valence-electron chi connectivity index (χ4n) is 3.01. The molecular weight excluding hydrogens is 593 g/mol. The van der Waals surface area contributed by atoms with Crippen LogP contribution in [0.15, 0.2) is 71.2 Å². The number of anilines is 1. The monoisotopic (exact) mass is 609 g/mol. The van der Waals surface area contributed by atoms with Gasteiger partial charge in [0.05, 0.1) is 23.9 Å². The van der Waals surface area contributed by atoms with Crippen molar-refractivity contribution in [2.75, 3.05) is 12.4 Å². The molecule has 1 amide bonds. The maximum absolute atomic E-state index is 13.3. The van der Waals surface area contributed by atoms with E-state index in [0.29, 0.717) is 14.5 Å². The second kappa shape index (κ2) is 12.6. The summed E-state index contributed by atoms with van der Waals surface area (Å²) in [6.07, 6.45) is -4.31. The number of carboxylic acid groups (broad SMARTS) is 1. The first-order valence-electron chi connectivity index (χ1n) is 10.4. The number of nitrogens with one attached hydrogen (secondary N) is 1. The third kappa shape index (κ3) is 7.45. The zero-order valence-corrected chi connectivity index (χ0v) is 22.0. The summed E-state index contributed by atoms with van der Waals surface area (Å²) in [7, 11) is 1.37. The molecule has 2 N–H and O–H groups in total. The van der Waals surface area contributed by atoms with Gasteiger partial charge in [-0.15, -0.1) is 0 Å². The van der Waals surface area contributed by atoms with E-state index in [1.165, 1.54) is 61.7 Å². The van der Waals surface area contributed by atoms with Gasteiger partial charge in [-0.25, -0.2) is 14.4 Å². The largest absolute Gasteiger partial charge is 0.495 e. The standard InChI is InChI=1S/C25H18BrCl2NO8/c1-35-19-11-6-15(26)12-18(19)29-22(30)20(36-24(33)13-2-7-16(27)8-3-13)21(23(31)32)37-25(34)14-4-9-17(28)10-5-14/h2-12,20-21H,1H3,(H,29,30)(H,31,32)/t20-,21-/m0/s1. The fraction of sp³-hybridized carbons (Fsp3) is 0.120. The maximum atomic E-state index is 13.3. The van der Waals surface area contributed by atoms with E-state index >= 15 is 0 Å². The Morgan fingerprint density at radius 1 is 0.811 bits per heavy atom. The Labute approximate surface area is 229 Å². The number of hydrogen-bond donors (Lipinski definition) is 2. The smallest absolute Gasteiger partial charge is 0.349 e. The fourth-order valence-corrected chi connectivity index (χ4v) is 3.63. The lowest BCUT2D eigenvalue weighted by atomic mass is 10.1. The molecule has 0 heterocycles. The number of hydrogen-bond acceptors (Lipinski definition) is 7. The Morgan fingerprint density at radius 3 is 1.76 bits per heavy atom. The van der Waals surface area contributed by atoms with Crippen LogP contribution in [-0.4, -0.2) is 48.2 Å². The predicted molar refractivity (Wildman–Crippen MR) is 138 cm³/mol. The van der Waals surface area contributed by atoms with E-state index in [0.717, 1.165) is 0 Å². The number of carbonyl (C=O) groups is 4. The van der Waals surface area contributed by atoms with Gasteiger partial charge in [-0.05, 0) is 66.7 Å². The van der Waals surface area contributed by atoms with Gasteiger partial charge in [-0.2, -0.15) is 0 Å². The van der Waals surface area contributed by atoms with Crippen LogP contribution in [0.5, 0.6) is 5.75 Å². The van der Waals surface area contributed by atoms with E-state index in [4.69, 9.17) is 37.4 Å². The second-order valence-corrected chi connectivity index (χ2v) is 9.13. The van der Waals surface area contributed by atoms with Crippen molar-refractivity contribution in [3.63, 3.8) is 0 Å². The van der Waals surface area contributed by atoms with Crippen molar-refractivity contribution >= 4 is 68.6 Å². The number of benzene rings is 3. The SMILES string of the molecule is COc1ccc(Br)cc1NC(=O)[C@@H](OC(=O)c1ccc(Cl)cc1)[C@H](OC(=O)c1ccc(Cl)cc1)C(=O)O. The molecule has 0 fully saturated rings. The van der Waals surface area contributed by atoms with Crippen LogP contribution in [0.25, 0.3) is 0 Å². The Bertz CT molecular complexity index is 1320. The van der Waals surface area contributed by atoms with Crippen LogP contribution in [0.4, 0.5) is 5.69 Å². The molecule has 0 aliphatic heterocycles. The first-order valence-corrected chi connectivity index (χ1v) is 11.9. The third-order valence-corrected chi connectivity index (χ3v) is 5.82. The third-order valence-electron chi connectivity index (χ3n) is 4.82. The van der Waals surface area contributed by atoms with Gasteiger partial charge >= 0.3 is 17.9 Å². The van der Waals surface area contributed by atoms with Crippen LogP contribution in [0.3, 0.4) is 0 Å². The average Bonchev–Trinajstić information content (AvgIpc) is 2.86. The van der Waals surface area contributed by atoms with E-state index in [1.807, 2.05) is 0 Å². The topological polar surface area (TPSA) is 128 Å². The van der Waals surface area contributed by atoms with Crippen molar-refractivity contribution < 1.29 is 38.5 Å². The van der Waals surface area contributed by atoms with E-state index in [1.54, 1.807) is 12.1 Å². The molecule has 37 heavy (non-hydrogen) atoms. The molecule has 0 radical (unpaired) electrons. The molecule has 9 nitrogen and oxygen atoms in total. The molecule has 12 heteroatoms. The highest BCUT2D eigenvalue weighted by atomic mass is 79.9. The molecule has 0 aliphatic rings. The van der Waals surface area contributed by atoms with Crippen molar-refractivity contribution in [3.05, 3.63) is 92.4 Å². The summed E-state index contributed by atoms with van der Waals surface area (Å²) in [4.78, 5) is 50.9. The number of halogens is 3. The number of amides is 1.